The van der Waals surface area contributed by atoms with Gasteiger partial charge in [0.05, 0.1) is 0 Å². The second-order valence-electron chi connectivity index (χ2n) is 16.2. The molecule has 0 N–H and O–H groups in total. The Morgan fingerprint density at radius 3 is 1.26 bits per heavy atom. The van der Waals surface area contributed by atoms with Crippen molar-refractivity contribution in [2.45, 2.75) is 150 Å². The maximum atomic E-state index is 2.54. The molecular formula is C35H56. The van der Waals surface area contributed by atoms with Gasteiger partial charge < -0.3 is 0 Å². The van der Waals surface area contributed by atoms with E-state index in [1.807, 2.05) is 0 Å². The van der Waals surface area contributed by atoms with Crippen molar-refractivity contribution in [3.63, 3.8) is 0 Å². The molecule has 0 aromatic heterocycles. The Bertz CT molecular complexity index is 993. The van der Waals surface area contributed by atoms with Crippen molar-refractivity contribution in [3.8, 4) is 0 Å². The van der Waals surface area contributed by atoms with E-state index in [1.165, 1.54) is 27.8 Å². The molecule has 2 aromatic rings. The van der Waals surface area contributed by atoms with Gasteiger partial charge in [-0.1, -0.05) is 141 Å². The van der Waals surface area contributed by atoms with E-state index in [9.17, 15) is 0 Å². The highest BCUT2D eigenvalue weighted by atomic mass is 14.4. The molecule has 1 unspecified atom stereocenters. The summed E-state index contributed by atoms with van der Waals surface area (Å²) in [4.78, 5) is 0. The highest BCUT2D eigenvalue weighted by Crippen LogP contribution is 2.43. The molecule has 0 fully saturated rings. The van der Waals surface area contributed by atoms with Gasteiger partial charge in [-0.2, -0.15) is 0 Å². The molecule has 35 heavy (non-hydrogen) atoms. The van der Waals surface area contributed by atoms with Gasteiger partial charge in [-0.3, -0.25) is 0 Å². The molecule has 0 spiro atoms. The molecule has 0 heterocycles. The van der Waals surface area contributed by atoms with Crippen LogP contribution in [0.1, 0.15) is 156 Å². The van der Waals surface area contributed by atoms with Crippen LogP contribution in [0.2, 0.25) is 0 Å². The van der Waals surface area contributed by atoms with Crippen molar-refractivity contribution < 1.29 is 0 Å². The monoisotopic (exact) mass is 476 g/mol. The lowest BCUT2D eigenvalue weighted by molar-refractivity contribution is 0.495. The third-order valence-electron chi connectivity index (χ3n) is 7.29. The van der Waals surface area contributed by atoms with Gasteiger partial charge in [0.1, 0.15) is 0 Å². The van der Waals surface area contributed by atoms with Gasteiger partial charge in [-0.05, 0) is 78.4 Å². The quantitative estimate of drug-likeness (QED) is 0.413. The number of rotatable bonds is 3. The highest BCUT2D eigenvalue weighted by Gasteiger charge is 2.33. The number of hydrogen-bond acceptors (Lipinski definition) is 0. The van der Waals surface area contributed by atoms with E-state index in [0.717, 1.165) is 6.42 Å². The van der Waals surface area contributed by atoms with Crippen LogP contribution < -0.4 is 0 Å². The lowest BCUT2D eigenvalue weighted by Crippen LogP contribution is -2.28. The molecule has 0 aliphatic carbocycles. The molecule has 0 saturated heterocycles. The molecule has 0 radical (unpaired) electrons. The van der Waals surface area contributed by atoms with Gasteiger partial charge in [0, 0.05) is 0 Å². The minimum atomic E-state index is 0.102. The first-order valence-corrected chi connectivity index (χ1v) is 13.8. The Morgan fingerprint density at radius 2 is 0.914 bits per heavy atom. The summed E-state index contributed by atoms with van der Waals surface area (Å²) in [5.74, 6) is 0.452. The molecule has 0 saturated carbocycles. The van der Waals surface area contributed by atoms with E-state index in [1.54, 1.807) is 11.1 Å². The maximum Gasteiger partial charge on any atom is -0.0126 e. The Kier molecular flexibility index (Phi) is 7.96. The first kappa shape index (κ1) is 29.7. The molecule has 0 aliphatic rings. The molecule has 2 rings (SSSR count). The second-order valence-corrected chi connectivity index (χ2v) is 16.2. The molecular weight excluding hydrogens is 420 g/mol. The molecule has 0 aliphatic heterocycles. The Hall–Kier alpha value is -1.56. The largest absolute Gasteiger partial charge is 0.0617 e. The van der Waals surface area contributed by atoms with Crippen LogP contribution in [0.4, 0.5) is 0 Å². The average molecular weight is 477 g/mol. The Labute approximate surface area is 219 Å². The topological polar surface area (TPSA) is 0 Å². The van der Waals surface area contributed by atoms with Crippen molar-refractivity contribution in [2.75, 3.05) is 0 Å². The summed E-state index contributed by atoms with van der Waals surface area (Å²) < 4.78 is 0. The summed E-state index contributed by atoms with van der Waals surface area (Å²) in [6.07, 6.45) is 1.06. The van der Waals surface area contributed by atoms with Gasteiger partial charge in [0.2, 0.25) is 0 Å². The third kappa shape index (κ3) is 6.81. The molecule has 2 aromatic carbocycles. The van der Waals surface area contributed by atoms with Gasteiger partial charge in [-0.25, -0.2) is 0 Å². The van der Waals surface area contributed by atoms with E-state index in [2.05, 4.69) is 141 Å². The van der Waals surface area contributed by atoms with Crippen molar-refractivity contribution in [3.05, 3.63) is 69.3 Å². The van der Waals surface area contributed by atoms with Crippen molar-refractivity contribution in [1.29, 1.82) is 0 Å². The van der Waals surface area contributed by atoms with Crippen molar-refractivity contribution in [2.24, 2.45) is 0 Å². The highest BCUT2D eigenvalue weighted by molar-refractivity contribution is 5.50. The molecule has 196 valence electrons. The average Bonchev–Trinajstić information content (AvgIpc) is 2.63. The zero-order valence-corrected chi connectivity index (χ0v) is 26.2. The fraction of sp³-hybridized carbons (Fsp3) is 0.657. The first-order valence-electron chi connectivity index (χ1n) is 13.8. The molecule has 0 bridgehead atoms. The minimum Gasteiger partial charge on any atom is -0.0617 e. The predicted molar refractivity (Wildman–Crippen MR) is 159 cm³/mol. The zero-order valence-electron chi connectivity index (χ0n) is 26.2. The normalized spacial score (nSPS) is 14.9. The maximum absolute atomic E-state index is 2.54. The smallest absolute Gasteiger partial charge is 0.0126 e. The lowest BCUT2D eigenvalue weighted by Gasteiger charge is -2.37. The van der Waals surface area contributed by atoms with E-state index in [0.29, 0.717) is 5.92 Å². The van der Waals surface area contributed by atoms with Crippen molar-refractivity contribution in [1.82, 2.24) is 0 Å². The molecule has 1 atom stereocenters. The van der Waals surface area contributed by atoms with Gasteiger partial charge in [-0.15, -0.1) is 0 Å². The van der Waals surface area contributed by atoms with Gasteiger partial charge in [0.25, 0.3) is 0 Å². The summed E-state index contributed by atoms with van der Waals surface area (Å²) in [6, 6.07) is 12.1. The van der Waals surface area contributed by atoms with Crippen LogP contribution in [0, 0.1) is 0 Å². The zero-order chi connectivity index (χ0) is 27.4. The van der Waals surface area contributed by atoms with Crippen LogP contribution in [0.3, 0.4) is 0 Å². The van der Waals surface area contributed by atoms with Crippen LogP contribution in [0.15, 0.2) is 30.3 Å². The van der Waals surface area contributed by atoms with E-state index < -0.39 is 0 Å². The third-order valence-corrected chi connectivity index (χ3v) is 7.29. The SMILES string of the molecule is CC(Cc1cc(C(C)(C)C)c(C(C)(C)C)c(C(C)(C)C)c1)c1cccc(C(C)(C)C)c1C(C)(C)C. The Balaban J connectivity index is 2.76. The summed E-state index contributed by atoms with van der Waals surface area (Å²) >= 11 is 0. The standard InChI is InChI=1S/C35H56/c1-23(25-18-17-19-26(31(2,3)4)29(25)34(11,12)13)20-24-21-27(32(5,6)7)30(35(14,15)16)28(22-24)33(8,9)10/h17-19,21-23H,20H2,1-16H3. The van der Waals surface area contributed by atoms with Gasteiger partial charge in [0.15, 0.2) is 0 Å². The van der Waals surface area contributed by atoms with Crippen LogP contribution in [0.25, 0.3) is 0 Å². The summed E-state index contributed by atoms with van der Waals surface area (Å²) in [6.45, 7) is 38.0. The van der Waals surface area contributed by atoms with E-state index >= 15 is 0 Å². The second kappa shape index (κ2) is 9.39. The van der Waals surface area contributed by atoms with Crippen LogP contribution in [0.5, 0.6) is 0 Å². The van der Waals surface area contributed by atoms with E-state index in [-0.39, 0.29) is 27.1 Å². The van der Waals surface area contributed by atoms with Gasteiger partial charge >= 0.3 is 0 Å². The fourth-order valence-electron chi connectivity index (χ4n) is 5.72. The Morgan fingerprint density at radius 1 is 0.514 bits per heavy atom. The predicted octanol–water partition coefficient (Wildman–Crippen LogP) is 10.5. The summed E-state index contributed by atoms with van der Waals surface area (Å²) in [5.41, 5.74) is 11.1. The van der Waals surface area contributed by atoms with Crippen LogP contribution in [-0.2, 0) is 33.5 Å². The lowest BCUT2D eigenvalue weighted by atomic mass is 9.67. The molecule has 0 nitrogen and oxygen atoms in total. The number of hydrogen-bond donors (Lipinski definition) is 0. The number of benzene rings is 2. The van der Waals surface area contributed by atoms with Crippen molar-refractivity contribution >= 4 is 0 Å². The summed E-state index contributed by atoms with van der Waals surface area (Å²) in [7, 11) is 0. The fourth-order valence-corrected chi connectivity index (χ4v) is 5.72. The summed E-state index contributed by atoms with van der Waals surface area (Å²) in [5, 5.41) is 0. The molecule has 0 heteroatoms. The minimum absolute atomic E-state index is 0.102. The van der Waals surface area contributed by atoms with Crippen LogP contribution >= 0.6 is 0 Å². The van der Waals surface area contributed by atoms with E-state index in [4.69, 9.17) is 0 Å². The van der Waals surface area contributed by atoms with Crippen LogP contribution in [-0.4, -0.2) is 0 Å². The molecule has 0 amide bonds. The first-order chi connectivity index (χ1) is 15.5.